The van der Waals surface area contributed by atoms with Gasteiger partial charge in [0.2, 0.25) is 5.91 Å². The van der Waals surface area contributed by atoms with E-state index < -0.39 is 18.5 Å². The summed E-state index contributed by atoms with van der Waals surface area (Å²) in [4.78, 5) is 35.5. The van der Waals surface area contributed by atoms with Crippen LogP contribution in [0.15, 0.2) is 36.4 Å². The minimum Gasteiger partial charge on any atom is -0.456 e. The number of rotatable bonds is 7. The van der Waals surface area contributed by atoms with Crippen molar-refractivity contribution in [2.45, 2.75) is 33.6 Å². The molecule has 0 unspecified atom stereocenters. The maximum Gasteiger partial charge on any atom is 0.306 e. The van der Waals surface area contributed by atoms with Crippen LogP contribution in [-0.2, 0) is 19.1 Å². The first-order valence-electron chi connectivity index (χ1n) is 8.83. The van der Waals surface area contributed by atoms with Crippen LogP contribution >= 0.6 is 11.6 Å². The lowest BCUT2D eigenvalue weighted by molar-refractivity contribution is -0.147. The van der Waals surface area contributed by atoms with Gasteiger partial charge in [0, 0.05) is 22.8 Å². The Morgan fingerprint density at radius 1 is 0.821 bits per heavy atom. The van der Waals surface area contributed by atoms with E-state index in [1.807, 2.05) is 32.9 Å². The van der Waals surface area contributed by atoms with Gasteiger partial charge in [-0.3, -0.25) is 14.4 Å². The van der Waals surface area contributed by atoms with Gasteiger partial charge in [-0.15, -0.1) is 0 Å². The lowest BCUT2D eigenvalue weighted by Gasteiger charge is -2.09. The molecule has 7 heteroatoms. The second-order valence-electron chi connectivity index (χ2n) is 6.52. The summed E-state index contributed by atoms with van der Waals surface area (Å²) in [6, 6.07) is 10.7. The van der Waals surface area contributed by atoms with E-state index in [-0.39, 0.29) is 18.7 Å². The van der Waals surface area contributed by atoms with Gasteiger partial charge in [0.25, 0.3) is 5.91 Å². The van der Waals surface area contributed by atoms with Gasteiger partial charge in [-0.25, -0.2) is 0 Å². The molecule has 2 rings (SSSR count). The van der Waals surface area contributed by atoms with E-state index in [0.717, 1.165) is 16.7 Å². The van der Waals surface area contributed by atoms with Gasteiger partial charge in [-0.1, -0.05) is 23.7 Å². The Balaban J connectivity index is 1.71. The van der Waals surface area contributed by atoms with Crippen molar-refractivity contribution >= 4 is 40.8 Å². The number of amides is 2. The van der Waals surface area contributed by atoms with Crippen molar-refractivity contribution in [1.29, 1.82) is 0 Å². The number of esters is 1. The summed E-state index contributed by atoms with van der Waals surface area (Å²) in [7, 11) is 0. The summed E-state index contributed by atoms with van der Waals surface area (Å²) < 4.78 is 4.90. The highest BCUT2D eigenvalue weighted by atomic mass is 35.5. The number of hydrogen-bond acceptors (Lipinski definition) is 4. The van der Waals surface area contributed by atoms with Gasteiger partial charge in [-0.05, 0) is 61.7 Å². The van der Waals surface area contributed by atoms with Gasteiger partial charge in [0.05, 0.1) is 6.42 Å². The molecule has 0 fully saturated rings. The Kier molecular flexibility index (Phi) is 7.58. The van der Waals surface area contributed by atoms with Crippen molar-refractivity contribution in [1.82, 2.24) is 0 Å². The summed E-state index contributed by atoms with van der Waals surface area (Å²) in [6.07, 6.45) is -0.138. The fourth-order valence-corrected chi connectivity index (χ4v) is 2.52. The second-order valence-corrected chi connectivity index (χ2v) is 6.93. The van der Waals surface area contributed by atoms with Crippen molar-refractivity contribution in [2.75, 3.05) is 17.2 Å². The number of anilines is 2. The van der Waals surface area contributed by atoms with Crippen LogP contribution in [0.1, 0.15) is 29.5 Å². The third-order valence-corrected chi connectivity index (χ3v) is 4.57. The Hall–Kier alpha value is -2.86. The molecule has 0 spiro atoms. The molecular formula is C21H23ClN2O4. The molecule has 2 aromatic rings. The minimum absolute atomic E-state index is 0.0268. The van der Waals surface area contributed by atoms with E-state index in [2.05, 4.69) is 10.6 Å². The highest BCUT2D eigenvalue weighted by molar-refractivity contribution is 6.31. The predicted octanol–water partition coefficient (Wildman–Crippen LogP) is 4.17. The molecule has 0 saturated carbocycles. The van der Waals surface area contributed by atoms with E-state index in [9.17, 15) is 14.4 Å². The lowest BCUT2D eigenvalue weighted by atomic mass is 10.1. The van der Waals surface area contributed by atoms with Crippen LogP contribution in [0.2, 0.25) is 5.02 Å². The van der Waals surface area contributed by atoms with Crippen LogP contribution in [0.3, 0.4) is 0 Å². The zero-order chi connectivity index (χ0) is 20.7. The zero-order valence-electron chi connectivity index (χ0n) is 16.1. The number of nitrogens with one attached hydrogen (secondary N) is 2. The number of carbonyl (C=O) groups excluding carboxylic acids is 3. The van der Waals surface area contributed by atoms with Crippen LogP contribution in [0, 0.1) is 20.8 Å². The monoisotopic (exact) mass is 402 g/mol. The van der Waals surface area contributed by atoms with Crippen LogP contribution in [0.5, 0.6) is 0 Å². The molecule has 0 heterocycles. The first-order chi connectivity index (χ1) is 13.2. The van der Waals surface area contributed by atoms with Crippen molar-refractivity contribution < 1.29 is 19.1 Å². The average Bonchev–Trinajstić information content (AvgIpc) is 2.64. The van der Waals surface area contributed by atoms with Crippen LogP contribution in [0.25, 0.3) is 0 Å². The molecule has 28 heavy (non-hydrogen) atoms. The molecule has 0 aliphatic carbocycles. The molecule has 0 bridgehead atoms. The van der Waals surface area contributed by atoms with Crippen molar-refractivity contribution in [3.05, 3.63) is 58.1 Å². The van der Waals surface area contributed by atoms with E-state index in [0.29, 0.717) is 16.4 Å². The summed E-state index contributed by atoms with van der Waals surface area (Å²) in [5.41, 5.74) is 4.29. The van der Waals surface area contributed by atoms with Gasteiger partial charge >= 0.3 is 5.97 Å². The molecule has 2 aromatic carbocycles. The quantitative estimate of drug-likeness (QED) is 0.681. The van der Waals surface area contributed by atoms with Gasteiger partial charge in [-0.2, -0.15) is 0 Å². The molecule has 0 aliphatic heterocycles. The average molecular weight is 403 g/mol. The highest BCUT2D eigenvalue weighted by Crippen LogP contribution is 2.20. The Bertz CT molecular complexity index is 824. The van der Waals surface area contributed by atoms with Crippen molar-refractivity contribution in [2.24, 2.45) is 0 Å². The number of hydrogen-bond donors (Lipinski definition) is 2. The van der Waals surface area contributed by atoms with E-state index in [1.165, 1.54) is 0 Å². The predicted molar refractivity (Wildman–Crippen MR) is 110 cm³/mol. The van der Waals surface area contributed by atoms with Crippen molar-refractivity contribution in [3.63, 3.8) is 0 Å². The first kappa shape index (κ1) is 21.4. The molecular weight excluding hydrogens is 380 g/mol. The standard InChI is InChI=1S/C21H23ClN2O4/c1-13-4-6-16(10-15(13)3)23-19(25)8-9-21(27)28-12-20(26)24-17-7-5-14(2)18(22)11-17/h4-7,10-11H,8-9,12H2,1-3H3,(H,23,25)(H,24,26). The zero-order valence-corrected chi connectivity index (χ0v) is 16.9. The number of benzene rings is 2. The smallest absolute Gasteiger partial charge is 0.306 e. The van der Waals surface area contributed by atoms with E-state index in [1.54, 1.807) is 24.3 Å². The largest absolute Gasteiger partial charge is 0.456 e. The molecule has 0 aliphatic rings. The van der Waals surface area contributed by atoms with Crippen LogP contribution in [0.4, 0.5) is 11.4 Å². The number of aryl methyl sites for hydroxylation is 3. The highest BCUT2D eigenvalue weighted by Gasteiger charge is 2.11. The molecule has 148 valence electrons. The lowest BCUT2D eigenvalue weighted by Crippen LogP contribution is -2.21. The normalized spacial score (nSPS) is 10.3. The summed E-state index contributed by atoms with van der Waals surface area (Å²) in [6.45, 7) is 5.37. The molecule has 2 amide bonds. The van der Waals surface area contributed by atoms with Gasteiger partial charge < -0.3 is 15.4 Å². The number of carbonyl (C=O) groups is 3. The first-order valence-corrected chi connectivity index (χ1v) is 9.21. The molecule has 0 saturated heterocycles. The third-order valence-electron chi connectivity index (χ3n) is 4.17. The summed E-state index contributed by atoms with van der Waals surface area (Å²) >= 11 is 6.00. The summed E-state index contributed by atoms with van der Waals surface area (Å²) in [5, 5.41) is 5.86. The molecule has 0 radical (unpaired) electrons. The topological polar surface area (TPSA) is 84.5 Å². The maximum absolute atomic E-state index is 11.9. The van der Waals surface area contributed by atoms with Gasteiger partial charge in [0.15, 0.2) is 6.61 Å². The third kappa shape index (κ3) is 6.70. The van der Waals surface area contributed by atoms with Gasteiger partial charge in [0.1, 0.15) is 0 Å². The molecule has 0 atom stereocenters. The van der Waals surface area contributed by atoms with Crippen LogP contribution < -0.4 is 10.6 Å². The molecule has 2 N–H and O–H groups in total. The molecule has 6 nitrogen and oxygen atoms in total. The molecule has 0 aromatic heterocycles. The fraction of sp³-hybridized carbons (Fsp3) is 0.286. The van der Waals surface area contributed by atoms with E-state index >= 15 is 0 Å². The SMILES string of the molecule is Cc1ccc(NC(=O)CCC(=O)OCC(=O)Nc2ccc(C)c(Cl)c2)cc1C. The number of halogens is 1. The summed E-state index contributed by atoms with van der Waals surface area (Å²) in [5.74, 6) is -1.39. The minimum atomic E-state index is -0.618. The van der Waals surface area contributed by atoms with Crippen LogP contribution in [-0.4, -0.2) is 24.4 Å². The number of ether oxygens (including phenoxy) is 1. The van der Waals surface area contributed by atoms with Crippen molar-refractivity contribution in [3.8, 4) is 0 Å². The Morgan fingerprint density at radius 2 is 1.43 bits per heavy atom. The van der Waals surface area contributed by atoms with E-state index in [4.69, 9.17) is 16.3 Å². The maximum atomic E-state index is 11.9. The second kappa shape index (κ2) is 9.90. The fourth-order valence-electron chi connectivity index (χ4n) is 2.34. The Morgan fingerprint density at radius 3 is 2.07 bits per heavy atom. The Labute approximate surface area is 169 Å².